The molecule has 0 heterocycles. The SMILES string of the molecule is CCOC(=O)C(NC(C)=O)(C(=O)OCC)[C@H]1CCCC1=O. The van der Waals surface area contributed by atoms with E-state index in [1.165, 1.54) is 6.92 Å². The molecular formula is C14H21NO6. The van der Waals surface area contributed by atoms with E-state index in [9.17, 15) is 19.2 Å². The molecule has 1 saturated carbocycles. The van der Waals surface area contributed by atoms with Crippen molar-refractivity contribution in [2.75, 3.05) is 13.2 Å². The van der Waals surface area contributed by atoms with Crippen molar-refractivity contribution in [1.29, 1.82) is 0 Å². The molecule has 1 atom stereocenters. The van der Waals surface area contributed by atoms with Crippen LogP contribution in [0.1, 0.15) is 40.0 Å². The van der Waals surface area contributed by atoms with Gasteiger partial charge < -0.3 is 14.8 Å². The second-order valence-corrected chi connectivity index (χ2v) is 4.84. The fraction of sp³-hybridized carbons (Fsp3) is 0.714. The molecule has 1 fully saturated rings. The first-order chi connectivity index (χ1) is 9.90. The summed E-state index contributed by atoms with van der Waals surface area (Å²) >= 11 is 0. The summed E-state index contributed by atoms with van der Waals surface area (Å²) in [6.07, 6.45) is 1.16. The van der Waals surface area contributed by atoms with Crippen LogP contribution in [0.25, 0.3) is 0 Å². The van der Waals surface area contributed by atoms with Gasteiger partial charge in [-0.1, -0.05) is 0 Å². The number of nitrogens with one attached hydrogen (secondary N) is 1. The molecule has 7 nitrogen and oxygen atoms in total. The smallest absolute Gasteiger partial charge is 0.344 e. The fourth-order valence-corrected chi connectivity index (χ4v) is 2.60. The Labute approximate surface area is 123 Å². The Bertz CT molecular complexity index is 427. The average Bonchev–Trinajstić information content (AvgIpc) is 2.82. The zero-order valence-electron chi connectivity index (χ0n) is 12.6. The second kappa shape index (κ2) is 7.19. The van der Waals surface area contributed by atoms with Crippen LogP contribution in [0.3, 0.4) is 0 Å². The van der Waals surface area contributed by atoms with E-state index < -0.39 is 29.3 Å². The second-order valence-electron chi connectivity index (χ2n) is 4.84. The molecular weight excluding hydrogens is 278 g/mol. The van der Waals surface area contributed by atoms with Gasteiger partial charge in [-0.3, -0.25) is 9.59 Å². The van der Waals surface area contributed by atoms with E-state index in [2.05, 4.69) is 5.32 Å². The third-order valence-corrected chi connectivity index (χ3v) is 3.40. The Kier molecular flexibility index (Phi) is 5.87. The monoisotopic (exact) mass is 299 g/mol. The number of carbonyl (C=O) groups is 4. The number of ether oxygens (including phenoxy) is 2. The molecule has 1 rings (SSSR count). The quantitative estimate of drug-likeness (QED) is 0.561. The lowest BCUT2D eigenvalue weighted by Gasteiger charge is -2.33. The lowest BCUT2D eigenvalue weighted by atomic mass is 9.81. The van der Waals surface area contributed by atoms with Crippen LogP contribution >= 0.6 is 0 Å². The van der Waals surface area contributed by atoms with Gasteiger partial charge in [0.2, 0.25) is 11.4 Å². The summed E-state index contributed by atoms with van der Waals surface area (Å²) in [7, 11) is 0. The number of hydrogen-bond acceptors (Lipinski definition) is 6. The summed E-state index contributed by atoms with van der Waals surface area (Å²) in [5, 5.41) is 2.33. The molecule has 1 aliphatic rings. The van der Waals surface area contributed by atoms with Crippen LogP contribution in [0.2, 0.25) is 0 Å². The minimum atomic E-state index is -2.08. The summed E-state index contributed by atoms with van der Waals surface area (Å²) < 4.78 is 9.86. The molecule has 0 unspecified atom stereocenters. The molecule has 0 radical (unpaired) electrons. The van der Waals surface area contributed by atoms with Gasteiger partial charge in [-0.25, -0.2) is 9.59 Å². The van der Waals surface area contributed by atoms with Gasteiger partial charge in [-0.05, 0) is 26.7 Å². The van der Waals surface area contributed by atoms with Crippen molar-refractivity contribution in [2.24, 2.45) is 5.92 Å². The van der Waals surface area contributed by atoms with E-state index in [0.29, 0.717) is 12.8 Å². The van der Waals surface area contributed by atoms with Gasteiger partial charge in [-0.2, -0.15) is 0 Å². The van der Waals surface area contributed by atoms with E-state index in [1.807, 2.05) is 0 Å². The van der Waals surface area contributed by atoms with Crippen molar-refractivity contribution in [2.45, 2.75) is 45.6 Å². The molecule has 0 saturated heterocycles. The Morgan fingerprint density at radius 3 is 2.05 bits per heavy atom. The summed E-state index contributed by atoms with van der Waals surface area (Å²) in [5.41, 5.74) is -2.08. The first kappa shape index (κ1) is 17.1. The third kappa shape index (κ3) is 3.40. The van der Waals surface area contributed by atoms with Crippen LogP contribution < -0.4 is 5.32 Å². The van der Waals surface area contributed by atoms with Gasteiger partial charge in [0.15, 0.2) is 0 Å². The minimum absolute atomic E-state index is 0.0283. The highest BCUT2D eigenvalue weighted by molar-refractivity contribution is 6.12. The summed E-state index contributed by atoms with van der Waals surface area (Å²) in [4.78, 5) is 48.3. The first-order valence-electron chi connectivity index (χ1n) is 7.06. The molecule has 0 aromatic carbocycles. The summed E-state index contributed by atoms with van der Waals surface area (Å²) in [5.74, 6) is -3.68. The standard InChI is InChI=1S/C14H21NO6/c1-4-20-12(18)14(15-9(3)16,13(19)21-5-2)10-7-6-8-11(10)17/h10H,4-8H2,1-3H3,(H,15,16)/t10-/m0/s1. The van der Waals surface area contributed by atoms with Crippen LogP contribution in [-0.4, -0.2) is 42.4 Å². The average molecular weight is 299 g/mol. The lowest BCUT2D eigenvalue weighted by molar-refractivity contribution is -0.172. The van der Waals surface area contributed by atoms with Gasteiger partial charge >= 0.3 is 11.9 Å². The number of carbonyl (C=O) groups excluding carboxylic acids is 4. The zero-order chi connectivity index (χ0) is 16.0. The number of Topliss-reactive ketones (excluding diaryl/α,β-unsaturated/α-hetero) is 1. The molecule has 1 aliphatic carbocycles. The molecule has 0 aromatic heterocycles. The maximum absolute atomic E-state index is 12.4. The predicted molar refractivity (Wildman–Crippen MR) is 72.2 cm³/mol. The normalized spacial score (nSPS) is 18.2. The predicted octanol–water partition coefficient (Wildman–Crippen LogP) is 0.357. The molecule has 0 spiro atoms. The Balaban J connectivity index is 3.31. The van der Waals surface area contributed by atoms with E-state index in [1.54, 1.807) is 13.8 Å². The van der Waals surface area contributed by atoms with Crippen molar-refractivity contribution in [3.8, 4) is 0 Å². The van der Waals surface area contributed by atoms with Gasteiger partial charge in [0.25, 0.3) is 0 Å². The zero-order valence-corrected chi connectivity index (χ0v) is 12.6. The minimum Gasteiger partial charge on any atom is -0.464 e. The molecule has 118 valence electrons. The number of esters is 2. The highest BCUT2D eigenvalue weighted by Gasteiger charge is 2.59. The van der Waals surface area contributed by atoms with Crippen LogP contribution in [0.15, 0.2) is 0 Å². The topological polar surface area (TPSA) is 98.8 Å². The summed E-state index contributed by atoms with van der Waals surface area (Å²) in [6, 6.07) is 0. The Morgan fingerprint density at radius 1 is 1.19 bits per heavy atom. The highest BCUT2D eigenvalue weighted by Crippen LogP contribution is 2.33. The number of amides is 1. The molecule has 0 bridgehead atoms. The highest BCUT2D eigenvalue weighted by atomic mass is 16.6. The maximum atomic E-state index is 12.4. The summed E-state index contributed by atoms with van der Waals surface area (Å²) in [6.45, 7) is 4.39. The first-order valence-corrected chi connectivity index (χ1v) is 7.06. The number of ketones is 1. The van der Waals surface area contributed by atoms with E-state index >= 15 is 0 Å². The van der Waals surface area contributed by atoms with E-state index in [0.717, 1.165) is 0 Å². The number of hydrogen-bond donors (Lipinski definition) is 1. The lowest BCUT2D eigenvalue weighted by Crippen LogP contribution is -2.66. The van der Waals surface area contributed by atoms with Crippen molar-refractivity contribution in [3.63, 3.8) is 0 Å². The van der Waals surface area contributed by atoms with Crippen molar-refractivity contribution >= 4 is 23.6 Å². The van der Waals surface area contributed by atoms with Gasteiger partial charge in [0, 0.05) is 13.3 Å². The molecule has 7 heteroatoms. The molecule has 0 aromatic rings. The van der Waals surface area contributed by atoms with Crippen molar-refractivity contribution in [3.05, 3.63) is 0 Å². The molecule has 21 heavy (non-hydrogen) atoms. The van der Waals surface area contributed by atoms with Crippen LogP contribution in [0.5, 0.6) is 0 Å². The van der Waals surface area contributed by atoms with Crippen LogP contribution in [-0.2, 0) is 28.7 Å². The molecule has 1 amide bonds. The Hall–Kier alpha value is -1.92. The molecule has 1 N–H and O–H groups in total. The maximum Gasteiger partial charge on any atom is 0.344 e. The van der Waals surface area contributed by atoms with Crippen molar-refractivity contribution < 1.29 is 28.7 Å². The Morgan fingerprint density at radius 2 is 1.71 bits per heavy atom. The van der Waals surface area contributed by atoms with Gasteiger partial charge in [0.05, 0.1) is 19.1 Å². The van der Waals surface area contributed by atoms with Crippen LogP contribution in [0.4, 0.5) is 0 Å². The molecule has 0 aliphatic heterocycles. The largest absolute Gasteiger partial charge is 0.464 e. The van der Waals surface area contributed by atoms with Crippen molar-refractivity contribution in [1.82, 2.24) is 5.32 Å². The van der Waals surface area contributed by atoms with Gasteiger partial charge in [-0.15, -0.1) is 0 Å². The van der Waals surface area contributed by atoms with E-state index in [-0.39, 0.29) is 25.4 Å². The van der Waals surface area contributed by atoms with E-state index in [4.69, 9.17) is 9.47 Å². The van der Waals surface area contributed by atoms with Gasteiger partial charge in [0.1, 0.15) is 5.78 Å². The van der Waals surface area contributed by atoms with Crippen LogP contribution in [0, 0.1) is 5.92 Å². The third-order valence-electron chi connectivity index (χ3n) is 3.40. The number of rotatable bonds is 6. The fourth-order valence-electron chi connectivity index (χ4n) is 2.60.